The highest BCUT2D eigenvalue weighted by molar-refractivity contribution is 7.90. The predicted octanol–water partition coefficient (Wildman–Crippen LogP) is 1.00. The monoisotopic (exact) mass is 280 g/mol. The van der Waals surface area contributed by atoms with Gasteiger partial charge in [0.2, 0.25) is 0 Å². The third-order valence-electron chi connectivity index (χ3n) is 2.12. The molecule has 0 spiro atoms. The zero-order chi connectivity index (χ0) is 14.1. The molecule has 1 aromatic carbocycles. The van der Waals surface area contributed by atoms with Gasteiger partial charge >= 0.3 is 5.97 Å². The molecule has 1 rings (SSSR count). The van der Waals surface area contributed by atoms with E-state index >= 15 is 0 Å². The van der Waals surface area contributed by atoms with Gasteiger partial charge in [-0.05, 0) is 6.07 Å². The van der Waals surface area contributed by atoms with Gasteiger partial charge in [0.05, 0.1) is 13.5 Å². The van der Waals surface area contributed by atoms with Crippen molar-refractivity contribution in [3.63, 3.8) is 0 Å². The van der Waals surface area contributed by atoms with Gasteiger partial charge in [-0.25, -0.2) is 17.2 Å². The Morgan fingerprint density at radius 1 is 1.44 bits per heavy atom. The van der Waals surface area contributed by atoms with Crippen LogP contribution in [0.15, 0.2) is 11.0 Å². The minimum Gasteiger partial charge on any atom is -0.493 e. The van der Waals surface area contributed by atoms with E-state index in [1.165, 1.54) is 0 Å². The van der Waals surface area contributed by atoms with Gasteiger partial charge in [-0.2, -0.15) is 0 Å². The van der Waals surface area contributed by atoms with Gasteiger partial charge in [-0.1, -0.05) is 0 Å². The molecule has 0 unspecified atom stereocenters. The fraction of sp³-hybridized carbons (Fsp3) is 0.300. The number of hydrogen-bond acceptors (Lipinski definition) is 4. The highest BCUT2D eigenvalue weighted by Gasteiger charge is 2.26. The van der Waals surface area contributed by atoms with E-state index in [4.69, 9.17) is 5.11 Å². The molecule has 0 radical (unpaired) electrons. The molecule has 1 N–H and O–H groups in total. The van der Waals surface area contributed by atoms with Crippen LogP contribution < -0.4 is 4.74 Å². The number of carboxylic acid groups (broad SMARTS) is 1. The van der Waals surface area contributed by atoms with Gasteiger partial charge in [0, 0.05) is 11.8 Å². The van der Waals surface area contributed by atoms with Crippen LogP contribution in [-0.2, 0) is 21.1 Å². The molecule has 1 aromatic rings. The zero-order valence-corrected chi connectivity index (χ0v) is 10.3. The Hall–Kier alpha value is -1.70. The highest BCUT2D eigenvalue weighted by atomic mass is 32.2. The fourth-order valence-corrected chi connectivity index (χ4v) is 2.32. The van der Waals surface area contributed by atoms with Gasteiger partial charge in [-0.15, -0.1) is 0 Å². The molecule has 0 atom stereocenters. The number of benzene rings is 1. The third-order valence-corrected chi connectivity index (χ3v) is 3.24. The van der Waals surface area contributed by atoms with E-state index < -0.39 is 44.5 Å². The van der Waals surface area contributed by atoms with Crippen LogP contribution in [0.25, 0.3) is 0 Å². The molecule has 0 amide bonds. The van der Waals surface area contributed by atoms with Crippen LogP contribution in [0.3, 0.4) is 0 Å². The van der Waals surface area contributed by atoms with Gasteiger partial charge in [0.1, 0.15) is 10.7 Å². The maximum atomic E-state index is 13.8. The normalized spacial score (nSPS) is 11.3. The lowest BCUT2D eigenvalue weighted by atomic mass is 10.1. The molecule has 0 aliphatic heterocycles. The maximum Gasteiger partial charge on any atom is 0.307 e. The summed E-state index contributed by atoms with van der Waals surface area (Å²) in [5.74, 6) is -4.67. The van der Waals surface area contributed by atoms with Crippen molar-refractivity contribution >= 4 is 15.8 Å². The van der Waals surface area contributed by atoms with Crippen molar-refractivity contribution in [2.75, 3.05) is 13.4 Å². The summed E-state index contributed by atoms with van der Waals surface area (Å²) in [5, 5.41) is 8.58. The van der Waals surface area contributed by atoms with E-state index in [-0.39, 0.29) is 5.56 Å². The lowest BCUT2D eigenvalue weighted by Gasteiger charge is -2.11. The number of aliphatic carboxylic acids is 1. The summed E-state index contributed by atoms with van der Waals surface area (Å²) in [6, 6.07) is 0.645. The highest BCUT2D eigenvalue weighted by Crippen LogP contribution is 2.31. The molecule has 0 saturated carbocycles. The zero-order valence-electron chi connectivity index (χ0n) is 9.53. The molecule has 18 heavy (non-hydrogen) atoms. The quantitative estimate of drug-likeness (QED) is 0.890. The summed E-state index contributed by atoms with van der Waals surface area (Å²) < 4.78 is 54.4. The van der Waals surface area contributed by atoms with Crippen molar-refractivity contribution < 1.29 is 31.8 Å². The lowest BCUT2D eigenvalue weighted by molar-refractivity contribution is -0.136. The lowest BCUT2D eigenvalue weighted by Crippen LogP contribution is -2.10. The first kappa shape index (κ1) is 14.4. The maximum absolute atomic E-state index is 13.8. The van der Waals surface area contributed by atoms with Crippen molar-refractivity contribution in [1.29, 1.82) is 0 Å². The van der Waals surface area contributed by atoms with E-state index in [1.54, 1.807) is 0 Å². The number of ether oxygens (including phenoxy) is 1. The SMILES string of the molecule is COc1c(CC(=O)O)cc(F)c(S(C)(=O)=O)c1F. The Kier molecular flexibility index (Phi) is 3.90. The van der Waals surface area contributed by atoms with E-state index in [0.717, 1.165) is 7.11 Å². The number of rotatable bonds is 4. The summed E-state index contributed by atoms with van der Waals surface area (Å²) in [7, 11) is -3.08. The average molecular weight is 280 g/mol. The summed E-state index contributed by atoms with van der Waals surface area (Å²) in [5.41, 5.74) is -0.271. The summed E-state index contributed by atoms with van der Waals surface area (Å²) in [6.07, 6.45) is -0.0359. The molecule has 100 valence electrons. The number of methoxy groups -OCH3 is 1. The van der Waals surface area contributed by atoms with E-state index in [2.05, 4.69) is 4.74 Å². The molecule has 0 aliphatic carbocycles. The number of halogens is 2. The molecule has 0 heterocycles. The number of hydrogen-bond donors (Lipinski definition) is 1. The Balaban J connectivity index is 3.60. The molecule has 8 heteroatoms. The first-order valence-corrected chi connectivity index (χ1v) is 6.54. The van der Waals surface area contributed by atoms with Crippen molar-refractivity contribution in [2.24, 2.45) is 0 Å². The molecule has 0 bridgehead atoms. The van der Waals surface area contributed by atoms with E-state index in [9.17, 15) is 22.0 Å². The Bertz CT molecular complexity index is 595. The fourth-order valence-electron chi connectivity index (χ4n) is 1.49. The van der Waals surface area contributed by atoms with Crippen molar-refractivity contribution in [3.8, 4) is 5.75 Å². The minimum atomic E-state index is -4.12. The van der Waals surface area contributed by atoms with Crippen LogP contribution in [0.2, 0.25) is 0 Å². The second-order valence-corrected chi connectivity index (χ2v) is 5.49. The Morgan fingerprint density at radius 2 is 2.00 bits per heavy atom. The van der Waals surface area contributed by atoms with Crippen LogP contribution in [-0.4, -0.2) is 32.9 Å². The second-order valence-electron chi connectivity index (χ2n) is 3.54. The van der Waals surface area contributed by atoms with Crippen LogP contribution >= 0.6 is 0 Å². The van der Waals surface area contributed by atoms with Crippen molar-refractivity contribution in [3.05, 3.63) is 23.3 Å². The first-order valence-electron chi connectivity index (χ1n) is 4.65. The van der Waals surface area contributed by atoms with Crippen LogP contribution in [0.1, 0.15) is 5.56 Å². The topological polar surface area (TPSA) is 80.7 Å². The van der Waals surface area contributed by atoms with Crippen molar-refractivity contribution in [2.45, 2.75) is 11.3 Å². The number of carbonyl (C=O) groups is 1. The first-order chi connectivity index (χ1) is 8.18. The van der Waals surface area contributed by atoms with E-state index in [0.29, 0.717) is 12.3 Å². The molecule has 5 nitrogen and oxygen atoms in total. The predicted molar refractivity (Wildman–Crippen MR) is 57.4 cm³/mol. The number of carboxylic acids is 1. The minimum absolute atomic E-state index is 0.271. The molecule has 0 fully saturated rings. The van der Waals surface area contributed by atoms with Crippen LogP contribution in [0, 0.1) is 11.6 Å². The summed E-state index contributed by atoms with van der Waals surface area (Å²) in [6.45, 7) is 0. The van der Waals surface area contributed by atoms with Crippen LogP contribution in [0.5, 0.6) is 5.75 Å². The Labute approximate surface area is 102 Å². The molecule has 0 saturated heterocycles. The number of sulfone groups is 1. The largest absolute Gasteiger partial charge is 0.493 e. The van der Waals surface area contributed by atoms with Crippen molar-refractivity contribution in [1.82, 2.24) is 0 Å². The molecular weight excluding hydrogens is 270 g/mol. The summed E-state index contributed by atoms with van der Waals surface area (Å²) >= 11 is 0. The third kappa shape index (κ3) is 2.76. The molecule has 0 aliphatic rings. The van der Waals surface area contributed by atoms with Gasteiger partial charge in [0.15, 0.2) is 21.4 Å². The molecule has 0 aromatic heterocycles. The summed E-state index contributed by atoms with van der Waals surface area (Å²) in [4.78, 5) is 9.39. The molecular formula is C10H10F2O5S. The van der Waals surface area contributed by atoms with E-state index in [1.807, 2.05) is 0 Å². The average Bonchev–Trinajstić information content (AvgIpc) is 2.13. The second kappa shape index (κ2) is 4.89. The Morgan fingerprint density at radius 3 is 2.39 bits per heavy atom. The van der Waals surface area contributed by atoms with Gasteiger partial charge in [-0.3, -0.25) is 4.79 Å². The standard InChI is InChI=1S/C10H10F2O5S/c1-17-9-5(4-7(13)14)3-6(11)10(8(9)12)18(2,15)16/h3H,4H2,1-2H3,(H,13,14). The van der Waals surface area contributed by atoms with Crippen LogP contribution in [0.4, 0.5) is 8.78 Å². The van der Waals surface area contributed by atoms with Gasteiger partial charge in [0.25, 0.3) is 0 Å². The smallest absolute Gasteiger partial charge is 0.307 e. The van der Waals surface area contributed by atoms with Gasteiger partial charge < -0.3 is 9.84 Å².